The number of carbonyl (C=O) groups is 2. The summed E-state index contributed by atoms with van der Waals surface area (Å²) in [4.78, 5) is 22.3. The van der Waals surface area contributed by atoms with E-state index in [4.69, 9.17) is 16.7 Å². The molecule has 17 heavy (non-hydrogen) atoms. The van der Waals surface area contributed by atoms with Crippen molar-refractivity contribution in [1.29, 1.82) is 0 Å². The molecule has 0 saturated carbocycles. The maximum absolute atomic E-state index is 11.6. The minimum absolute atomic E-state index is 0.246. The summed E-state index contributed by atoms with van der Waals surface area (Å²) in [6.45, 7) is 0.246. The summed E-state index contributed by atoms with van der Waals surface area (Å²) in [5.74, 6) is -2.87. The van der Waals surface area contributed by atoms with Crippen LogP contribution in [-0.4, -0.2) is 28.2 Å². The smallest absolute Gasteiger partial charge is 0.321 e. The third kappa shape index (κ3) is 2.45. The maximum atomic E-state index is 11.6. The summed E-state index contributed by atoms with van der Waals surface area (Å²) in [5.41, 5.74) is 0.839. The zero-order valence-corrected chi connectivity index (χ0v) is 9.46. The zero-order valence-electron chi connectivity index (χ0n) is 8.71. The number of rotatable bonds is 3. The molecule has 1 N–H and O–H groups in total. The van der Waals surface area contributed by atoms with Crippen molar-refractivity contribution in [3.05, 3.63) is 34.9 Å². The summed E-state index contributed by atoms with van der Waals surface area (Å²) in [5, 5.41) is 14.3. The van der Waals surface area contributed by atoms with Crippen LogP contribution in [0.15, 0.2) is 29.4 Å². The fourth-order valence-electron chi connectivity index (χ4n) is 1.48. The Morgan fingerprint density at radius 1 is 1.41 bits per heavy atom. The molecule has 1 unspecified atom stereocenters. The van der Waals surface area contributed by atoms with Gasteiger partial charge in [-0.05, 0) is 17.7 Å². The summed E-state index contributed by atoms with van der Waals surface area (Å²) < 4.78 is 0. The number of halogens is 1. The average Bonchev–Trinajstić information content (AvgIpc) is 2.64. The number of hydrogen-bond acceptors (Lipinski definition) is 3. The summed E-state index contributed by atoms with van der Waals surface area (Å²) >= 11 is 5.73. The fraction of sp³-hybridized carbons (Fsp3) is 0.182. The SMILES string of the molecule is O=C(O)C1C=NN(Cc2ccc(Cl)cc2)C1=O. The summed E-state index contributed by atoms with van der Waals surface area (Å²) in [6.07, 6.45) is 1.14. The molecule has 1 aromatic carbocycles. The van der Waals surface area contributed by atoms with Crippen molar-refractivity contribution >= 4 is 29.7 Å². The fourth-order valence-corrected chi connectivity index (χ4v) is 1.61. The number of amides is 1. The monoisotopic (exact) mass is 252 g/mol. The number of nitrogens with zero attached hydrogens (tertiary/aromatic N) is 2. The molecule has 1 aliphatic rings. The molecule has 0 fully saturated rings. The molecular weight excluding hydrogens is 244 g/mol. The lowest BCUT2D eigenvalue weighted by Gasteiger charge is -2.12. The largest absolute Gasteiger partial charge is 0.480 e. The van der Waals surface area contributed by atoms with Gasteiger partial charge in [-0.3, -0.25) is 9.59 Å². The molecule has 0 bridgehead atoms. The van der Waals surface area contributed by atoms with E-state index >= 15 is 0 Å². The first-order valence-corrected chi connectivity index (χ1v) is 5.28. The van der Waals surface area contributed by atoms with E-state index in [1.807, 2.05) is 0 Å². The van der Waals surface area contributed by atoms with Crippen LogP contribution in [0.4, 0.5) is 0 Å². The normalized spacial score (nSPS) is 18.8. The first kappa shape index (κ1) is 11.6. The van der Waals surface area contributed by atoms with Gasteiger partial charge in [0.25, 0.3) is 5.91 Å². The molecule has 1 atom stereocenters. The van der Waals surface area contributed by atoms with Crippen molar-refractivity contribution in [2.24, 2.45) is 11.0 Å². The third-order valence-corrected chi connectivity index (χ3v) is 2.64. The molecule has 5 nitrogen and oxygen atoms in total. The van der Waals surface area contributed by atoms with Crippen LogP contribution >= 0.6 is 11.6 Å². The third-order valence-electron chi connectivity index (χ3n) is 2.39. The van der Waals surface area contributed by atoms with E-state index in [9.17, 15) is 9.59 Å². The van der Waals surface area contributed by atoms with Crippen molar-refractivity contribution < 1.29 is 14.7 Å². The Morgan fingerprint density at radius 2 is 2.06 bits per heavy atom. The number of carboxylic acid groups (broad SMARTS) is 1. The number of hydrazone groups is 1. The van der Waals surface area contributed by atoms with Crippen LogP contribution < -0.4 is 0 Å². The first-order valence-electron chi connectivity index (χ1n) is 4.90. The van der Waals surface area contributed by atoms with E-state index in [1.165, 1.54) is 0 Å². The van der Waals surface area contributed by atoms with E-state index in [2.05, 4.69) is 5.10 Å². The molecule has 0 radical (unpaired) electrons. The lowest BCUT2D eigenvalue weighted by atomic mass is 10.1. The van der Waals surface area contributed by atoms with Crippen LogP contribution in [0.5, 0.6) is 0 Å². The molecule has 1 heterocycles. The van der Waals surface area contributed by atoms with Crippen LogP contribution in [0.1, 0.15) is 5.56 Å². The van der Waals surface area contributed by atoms with Crippen molar-refractivity contribution in [3.8, 4) is 0 Å². The quantitative estimate of drug-likeness (QED) is 0.826. The number of carboxylic acids is 1. The molecule has 1 aliphatic heterocycles. The Balaban J connectivity index is 2.07. The minimum atomic E-state index is -1.18. The molecule has 1 aromatic rings. The molecule has 1 amide bonds. The van der Waals surface area contributed by atoms with Gasteiger partial charge in [-0.15, -0.1) is 0 Å². The molecule has 6 heteroatoms. The highest BCUT2D eigenvalue weighted by molar-refractivity contribution is 6.30. The number of hydrogen-bond donors (Lipinski definition) is 1. The molecular formula is C11H9ClN2O3. The predicted molar refractivity (Wildman–Crippen MR) is 61.6 cm³/mol. The highest BCUT2D eigenvalue weighted by Gasteiger charge is 2.33. The van der Waals surface area contributed by atoms with Crippen LogP contribution in [0.3, 0.4) is 0 Å². The highest BCUT2D eigenvalue weighted by atomic mass is 35.5. The van der Waals surface area contributed by atoms with E-state index in [0.29, 0.717) is 5.02 Å². The van der Waals surface area contributed by atoms with Gasteiger partial charge in [-0.25, -0.2) is 5.01 Å². The zero-order chi connectivity index (χ0) is 12.4. The maximum Gasteiger partial charge on any atom is 0.321 e. The van der Waals surface area contributed by atoms with Gasteiger partial charge in [-0.2, -0.15) is 5.10 Å². The van der Waals surface area contributed by atoms with Crippen molar-refractivity contribution in [2.75, 3.05) is 0 Å². The topological polar surface area (TPSA) is 70.0 Å². The van der Waals surface area contributed by atoms with E-state index < -0.39 is 17.8 Å². The van der Waals surface area contributed by atoms with E-state index in [0.717, 1.165) is 16.8 Å². The lowest BCUT2D eigenvalue weighted by molar-refractivity contribution is -0.146. The Bertz CT molecular complexity index is 484. The lowest BCUT2D eigenvalue weighted by Crippen LogP contribution is -2.30. The molecule has 0 aliphatic carbocycles. The standard InChI is InChI=1S/C11H9ClN2O3/c12-8-3-1-7(2-4-8)6-14-10(15)9(5-13-14)11(16)17/h1-5,9H,6H2,(H,16,17). The Kier molecular flexibility index (Phi) is 3.10. The van der Waals surface area contributed by atoms with Gasteiger partial charge >= 0.3 is 5.97 Å². The molecule has 2 rings (SSSR count). The van der Waals surface area contributed by atoms with Gasteiger partial charge in [0.15, 0.2) is 5.92 Å². The second-order valence-electron chi connectivity index (χ2n) is 3.60. The van der Waals surface area contributed by atoms with Crippen molar-refractivity contribution in [3.63, 3.8) is 0 Å². The number of benzene rings is 1. The first-order chi connectivity index (χ1) is 8.08. The Labute approximate surface area is 102 Å². The average molecular weight is 253 g/mol. The number of aliphatic carboxylic acids is 1. The van der Waals surface area contributed by atoms with Crippen LogP contribution in [0.25, 0.3) is 0 Å². The molecule has 0 aromatic heterocycles. The van der Waals surface area contributed by atoms with Gasteiger partial charge in [0.1, 0.15) is 0 Å². The summed E-state index contributed by atoms with van der Waals surface area (Å²) in [6, 6.07) is 6.93. The van der Waals surface area contributed by atoms with Gasteiger partial charge in [0.2, 0.25) is 0 Å². The second-order valence-corrected chi connectivity index (χ2v) is 4.04. The van der Waals surface area contributed by atoms with Crippen molar-refractivity contribution in [2.45, 2.75) is 6.54 Å². The molecule has 0 spiro atoms. The van der Waals surface area contributed by atoms with E-state index in [-0.39, 0.29) is 6.54 Å². The molecule has 88 valence electrons. The number of carbonyl (C=O) groups excluding carboxylic acids is 1. The van der Waals surface area contributed by atoms with Crippen molar-refractivity contribution in [1.82, 2.24) is 5.01 Å². The highest BCUT2D eigenvalue weighted by Crippen LogP contribution is 2.16. The van der Waals surface area contributed by atoms with Gasteiger partial charge in [0, 0.05) is 11.2 Å². The Hall–Kier alpha value is -1.88. The van der Waals surface area contributed by atoms with Gasteiger partial charge in [0.05, 0.1) is 6.54 Å². The van der Waals surface area contributed by atoms with Crippen LogP contribution in [-0.2, 0) is 16.1 Å². The van der Waals surface area contributed by atoms with Crippen LogP contribution in [0, 0.1) is 5.92 Å². The predicted octanol–water partition coefficient (Wildman–Crippen LogP) is 1.37. The minimum Gasteiger partial charge on any atom is -0.480 e. The summed E-state index contributed by atoms with van der Waals surface area (Å²) in [7, 11) is 0. The van der Waals surface area contributed by atoms with Gasteiger partial charge < -0.3 is 5.11 Å². The Morgan fingerprint density at radius 3 is 2.59 bits per heavy atom. The van der Waals surface area contributed by atoms with E-state index in [1.54, 1.807) is 24.3 Å². The second kappa shape index (κ2) is 4.55. The van der Waals surface area contributed by atoms with Gasteiger partial charge in [-0.1, -0.05) is 23.7 Å². The molecule has 0 saturated heterocycles. The van der Waals surface area contributed by atoms with Crippen LogP contribution in [0.2, 0.25) is 5.02 Å².